The molecule has 0 atom stereocenters. The fourth-order valence-electron chi connectivity index (χ4n) is 2.60. The van der Waals surface area contributed by atoms with E-state index in [2.05, 4.69) is 5.32 Å². The minimum atomic E-state index is -0.627. The maximum atomic E-state index is 11.9. The van der Waals surface area contributed by atoms with Crippen LogP contribution in [0.25, 0.3) is 11.1 Å². The summed E-state index contributed by atoms with van der Waals surface area (Å²) in [7, 11) is 1.54. The minimum absolute atomic E-state index is 0.281. The first-order valence-electron chi connectivity index (χ1n) is 9.02. The molecule has 3 rings (SSSR count). The predicted molar refractivity (Wildman–Crippen MR) is 110 cm³/mol. The Balaban J connectivity index is 1.42. The van der Waals surface area contributed by atoms with Crippen LogP contribution in [0.4, 0.5) is 5.69 Å². The molecule has 0 unspecified atom stereocenters. The van der Waals surface area contributed by atoms with Crippen molar-refractivity contribution in [2.24, 2.45) is 0 Å². The lowest BCUT2D eigenvalue weighted by atomic mass is 10.1. The van der Waals surface area contributed by atoms with Gasteiger partial charge in [-0.05, 0) is 35.4 Å². The Hall–Kier alpha value is -3.80. The van der Waals surface area contributed by atoms with Crippen molar-refractivity contribution in [2.75, 3.05) is 25.6 Å². The molecule has 0 saturated heterocycles. The van der Waals surface area contributed by atoms with Gasteiger partial charge in [0.05, 0.1) is 7.11 Å². The Kier molecular flexibility index (Phi) is 6.84. The fourth-order valence-corrected chi connectivity index (χ4v) is 2.60. The van der Waals surface area contributed by atoms with Crippen LogP contribution in [0.3, 0.4) is 0 Å². The molecular weight excluding hydrogens is 370 g/mol. The Morgan fingerprint density at radius 3 is 2.24 bits per heavy atom. The van der Waals surface area contributed by atoms with Crippen molar-refractivity contribution in [3.05, 3.63) is 78.9 Å². The lowest BCUT2D eigenvalue weighted by molar-refractivity contribution is -0.149. The second kappa shape index (κ2) is 9.94. The predicted octanol–water partition coefficient (Wildman–Crippen LogP) is 3.92. The van der Waals surface area contributed by atoms with E-state index in [1.165, 1.54) is 7.11 Å². The number of hydrogen-bond acceptors (Lipinski definition) is 5. The number of benzene rings is 3. The van der Waals surface area contributed by atoms with Gasteiger partial charge in [-0.25, -0.2) is 4.79 Å². The molecular formula is C23H21NO5. The van der Waals surface area contributed by atoms with Gasteiger partial charge in [-0.3, -0.25) is 4.79 Å². The van der Waals surface area contributed by atoms with Crippen molar-refractivity contribution in [2.45, 2.75) is 0 Å². The topological polar surface area (TPSA) is 73.9 Å². The summed E-state index contributed by atoms with van der Waals surface area (Å²) in [5.41, 5.74) is 2.70. The van der Waals surface area contributed by atoms with Crippen LogP contribution in [0.15, 0.2) is 78.9 Å². The molecule has 1 amide bonds. The van der Waals surface area contributed by atoms with Crippen LogP contribution in [0.5, 0.6) is 11.5 Å². The highest BCUT2D eigenvalue weighted by atomic mass is 16.6. The summed E-state index contributed by atoms with van der Waals surface area (Å²) in [5.74, 6) is 0.0886. The second-order valence-electron chi connectivity index (χ2n) is 6.12. The molecule has 6 nitrogen and oxygen atoms in total. The van der Waals surface area contributed by atoms with Gasteiger partial charge in [-0.1, -0.05) is 48.5 Å². The molecule has 1 N–H and O–H groups in total. The molecule has 148 valence electrons. The van der Waals surface area contributed by atoms with Crippen LogP contribution >= 0.6 is 0 Å². The van der Waals surface area contributed by atoms with Gasteiger partial charge in [0.1, 0.15) is 11.5 Å². The summed E-state index contributed by atoms with van der Waals surface area (Å²) in [5, 5.41) is 2.63. The van der Waals surface area contributed by atoms with Crippen LogP contribution in [0.1, 0.15) is 0 Å². The van der Waals surface area contributed by atoms with E-state index >= 15 is 0 Å². The van der Waals surface area contributed by atoms with Crippen LogP contribution in [0.2, 0.25) is 0 Å². The molecule has 0 aromatic heterocycles. The molecule has 0 radical (unpaired) electrons. The number of anilines is 1. The first-order chi connectivity index (χ1) is 14.1. The molecule has 0 bridgehead atoms. The van der Waals surface area contributed by atoms with Gasteiger partial charge in [0, 0.05) is 11.8 Å². The quantitative estimate of drug-likeness (QED) is 0.589. The van der Waals surface area contributed by atoms with E-state index in [0.717, 1.165) is 11.1 Å². The number of hydrogen-bond donors (Lipinski definition) is 1. The van der Waals surface area contributed by atoms with Gasteiger partial charge in [-0.2, -0.15) is 0 Å². The average molecular weight is 391 g/mol. The van der Waals surface area contributed by atoms with Gasteiger partial charge in [0.2, 0.25) is 0 Å². The van der Waals surface area contributed by atoms with Gasteiger partial charge in [0.25, 0.3) is 5.91 Å². The highest BCUT2D eigenvalue weighted by Gasteiger charge is 2.09. The van der Waals surface area contributed by atoms with Crippen molar-refractivity contribution in [3.8, 4) is 22.6 Å². The molecule has 0 aliphatic rings. The first kappa shape index (κ1) is 19.9. The largest absolute Gasteiger partial charge is 0.497 e. The Bertz CT molecular complexity index is 955. The number of nitrogens with one attached hydrogen (secondary N) is 1. The lowest BCUT2D eigenvalue weighted by Gasteiger charge is -2.09. The Morgan fingerprint density at radius 2 is 1.52 bits per heavy atom. The molecule has 0 fully saturated rings. The molecule has 0 heterocycles. The third kappa shape index (κ3) is 6.10. The fraction of sp³-hybridized carbons (Fsp3) is 0.130. The van der Waals surface area contributed by atoms with E-state index < -0.39 is 18.5 Å². The molecule has 29 heavy (non-hydrogen) atoms. The monoisotopic (exact) mass is 391 g/mol. The Labute approximate surface area is 169 Å². The lowest BCUT2D eigenvalue weighted by Crippen LogP contribution is -2.23. The summed E-state index contributed by atoms with van der Waals surface area (Å²) >= 11 is 0. The van der Waals surface area contributed by atoms with Crippen LogP contribution in [-0.4, -0.2) is 32.2 Å². The number of esters is 1. The van der Waals surface area contributed by atoms with E-state index in [1.54, 1.807) is 36.4 Å². The smallest absolute Gasteiger partial charge is 0.344 e. The maximum absolute atomic E-state index is 11.9. The van der Waals surface area contributed by atoms with Crippen molar-refractivity contribution in [1.29, 1.82) is 0 Å². The standard InChI is InChI=1S/C23H21NO5/c1-27-21-9-5-8-19(14-21)24-22(25)15-29-23(26)16-28-20-12-10-18(11-13-20)17-6-3-2-4-7-17/h2-14H,15-16H2,1H3,(H,24,25). The van der Waals surface area contributed by atoms with Crippen molar-refractivity contribution in [1.82, 2.24) is 0 Å². The highest BCUT2D eigenvalue weighted by molar-refractivity contribution is 5.93. The number of amides is 1. The summed E-state index contributed by atoms with van der Waals surface area (Å²) < 4.78 is 15.4. The minimum Gasteiger partial charge on any atom is -0.497 e. The highest BCUT2D eigenvalue weighted by Crippen LogP contribution is 2.22. The van der Waals surface area contributed by atoms with Gasteiger partial charge in [-0.15, -0.1) is 0 Å². The van der Waals surface area contributed by atoms with Crippen LogP contribution < -0.4 is 14.8 Å². The molecule has 0 aliphatic heterocycles. The average Bonchev–Trinajstić information content (AvgIpc) is 2.77. The van der Waals surface area contributed by atoms with Crippen molar-refractivity contribution < 1.29 is 23.8 Å². The van der Waals surface area contributed by atoms with E-state index in [9.17, 15) is 9.59 Å². The van der Waals surface area contributed by atoms with Crippen molar-refractivity contribution >= 4 is 17.6 Å². The zero-order valence-corrected chi connectivity index (χ0v) is 16.0. The molecule has 0 aliphatic carbocycles. The normalized spacial score (nSPS) is 10.1. The van der Waals surface area contributed by atoms with Crippen molar-refractivity contribution in [3.63, 3.8) is 0 Å². The molecule has 3 aromatic carbocycles. The number of ether oxygens (including phenoxy) is 3. The maximum Gasteiger partial charge on any atom is 0.344 e. The summed E-state index contributed by atoms with van der Waals surface area (Å²) in [4.78, 5) is 23.7. The van der Waals surface area contributed by atoms with Gasteiger partial charge < -0.3 is 19.5 Å². The molecule has 3 aromatic rings. The number of rotatable bonds is 8. The zero-order valence-electron chi connectivity index (χ0n) is 16.0. The number of carbonyl (C=O) groups excluding carboxylic acids is 2. The zero-order chi connectivity index (χ0) is 20.5. The van der Waals surface area contributed by atoms with E-state index in [-0.39, 0.29) is 6.61 Å². The third-order valence-corrected chi connectivity index (χ3v) is 4.04. The molecule has 6 heteroatoms. The summed E-state index contributed by atoms with van der Waals surface area (Å²) in [6.45, 7) is -0.677. The van der Waals surface area contributed by atoms with Gasteiger partial charge >= 0.3 is 5.97 Å². The number of methoxy groups -OCH3 is 1. The first-order valence-corrected chi connectivity index (χ1v) is 9.02. The van der Waals surface area contributed by atoms with Crippen LogP contribution in [0, 0.1) is 0 Å². The Morgan fingerprint density at radius 1 is 0.793 bits per heavy atom. The van der Waals surface area contributed by atoms with E-state index in [0.29, 0.717) is 17.2 Å². The van der Waals surface area contributed by atoms with Gasteiger partial charge in [0.15, 0.2) is 13.2 Å². The third-order valence-electron chi connectivity index (χ3n) is 4.04. The summed E-state index contributed by atoms with van der Waals surface area (Å²) in [6, 6.07) is 24.2. The SMILES string of the molecule is COc1cccc(NC(=O)COC(=O)COc2ccc(-c3ccccc3)cc2)c1. The molecule has 0 saturated carbocycles. The van der Waals surface area contributed by atoms with E-state index in [4.69, 9.17) is 14.2 Å². The number of carbonyl (C=O) groups is 2. The molecule has 0 spiro atoms. The summed E-state index contributed by atoms with van der Waals surface area (Å²) in [6.07, 6.45) is 0. The second-order valence-corrected chi connectivity index (χ2v) is 6.12. The van der Waals surface area contributed by atoms with Crippen LogP contribution in [-0.2, 0) is 14.3 Å². The van der Waals surface area contributed by atoms with E-state index in [1.807, 2.05) is 42.5 Å².